The van der Waals surface area contributed by atoms with Crippen LogP contribution in [0.5, 0.6) is 0 Å². The second-order valence-corrected chi connectivity index (χ2v) is 4.90. The summed E-state index contributed by atoms with van der Waals surface area (Å²) in [6.07, 6.45) is 0. The third-order valence-electron chi connectivity index (χ3n) is 2.55. The van der Waals surface area contributed by atoms with Crippen molar-refractivity contribution >= 4 is 15.9 Å². The number of halogens is 1. The van der Waals surface area contributed by atoms with Crippen molar-refractivity contribution in [2.24, 2.45) is 5.73 Å². The minimum atomic E-state index is 0.436. The fourth-order valence-electron chi connectivity index (χ4n) is 1.74. The Bertz CT molecular complexity index is 552. The molecule has 0 unspecified atom stereocenters. The molecule has 1 aromatic carbocycles. The van der Waals surface area contributed by atoms with Crippen molar-refractivity contribution in [1.82, 2.24) is 9.97 Å². The van der Waals surface area contributed by atoms with Gasteiger partial charge in [0.15, 0.2) is 5.82 Å². The molecule has 0 saturated carbocycles. The van der Waals surface area contributed by atoms with Gasteiger partial charge in [-0.15, -0.1) is 0 Å². The molecule has 2 rings (SSSR count). The van der Waals surface area contributed by atoms with E-state index in [9.17, 15) is 0 Å². The average Bonchev–Trinajstić information content (AvgIpc) is 2.28. The summed E-state index contributed by atoms with van der Waals surface area (Å²) < 4.78 is 1.06. The van der Waals surface area contributed by atoms with Crippen LogP contribution in [0.15, 0.2) is 28.7 Å². The van der Waals surface area contributed by atoms with Gasteiger partial charge in [0.2, 0.25) is 0 Å². The number of hydrogen-bond donors (Lipinski definition) is 1. The largest absolute Gasteiger partial charge is 0.325 e. The summed E-state index contributed by atoms with van der Waals surface area (Å²) in [7, 11) is 0. The van der Waals surface area contributed by atoms with Crippen LogP contribution in [0.4, 0.5) is 0 Å². The van der Waals surface area contributed by atoms with Crippen molar-refractivity contribution in [3.05, 3.63) is 45.7 Å². The van der Waals surface area contributed by atoms with Crippen LogP contribution >= 0.6 is 15.9 Å². The number of aryl methyl sites for hydroxylation is 2. The molecule has 0 saturated heterocycles. The molecular weight excluding hydrogens is 278 g/mol. The van der Waals surface area contributed by atoms with E-state index < -0.39 is 0 Å². The van der Waals surface area contributed by atoms with Gasteiger partial charge in [0.05, 0.1) is 5.69 Å². The highest BCUT2D eigenvalue weighted by molar-refractivity contribution is 9.10. The van der Waals surface area contributed by atoms with Crippen molar-refractivity contribution in [2.75, 3.05) is 0 Å². The molecule has 0 atom stereocenters. The van der Waals surface area contributed by atoms with Gasteiger partial charge in [-0.2, -0.15) is 0 Å². The predicted octanol–water partition coefficient (Wildman–Crippen LogP) is 2.98. The van der Waals surface area contributed by atoms with E-state index in [4.69, 9.17) is 5.73 Å². The molecule has 2 aromatic rings. The van der Waals surface area contributed by atoms with Crippen molar-refractivity contribution in [1.29, 1.82) is 0 Å². The van der Waals surface area contributed by atoms with E-state index in [0.29, 0.717) is 6.54 Å². The van der Waals surface area contributed by atoms with Crippen molar-refractivity contribution < 1.29 is 0 Å². The maximum atomic E-state index is 5.63. The summed E-state index contributed by atoms with van der Waals surface area (Å²) in [5.41, 5.74) is 9.64. The summed E-state index contributed by atoms with van der Waals surface area (Å²) in [4.78, 5) is 8.92. The van der Waals surface area contributed by atoms with E-state index in [2.05, 4.69) is 32.0 Å². The number of nitrogens with zero attached hydrogens (tertiary/aromatic N) is 2. The third kappa shape index (κ3) is 2.70. The first-order valence-electron chi connectivity index (χ1n) is 5.41. The van der Waals surface area contributed by atoms with Gasteiger partial charge in [0.1, 0.15) is 0 Å². The highest BCUT2D eigenvalue weighted by Gasteiger charge is 2.07. The van der Waals surface area contributed by atoms with Crippen molar-refractivity contribution in [3.8, 4) is 11.4 Å². The Kier molecular flexibility index (Phi) is 3.54. The highest BCUT2D eigenvalue weighted by Crippen LogP contribution is 2.23. The fraction of sp³-hybridized carbons (Fsp3) is 0.231. The van der Waals surface area contributed by atoms with Crippen LogP contribution < -0.4 is 5.73 Å². The predicted molar refractivity (Wildman–Crippen MR) is 72.5 cm³/mol. The Morgan fingerprint density at radius 2 is 1.94 bits per heavy atom. The molecule has 0 aliphatic rings. The van der Waals surface area contributed by atoms with Crippen molar-refractivity contribution in [2.45, 2.75) is 20.4 Å². The minimum absolute atomic E-state index is 0.436. The van der Waals surface area contributed by atoms with Crippen LogP contribution in [-0.4, -0.2) is 9.97 Å². The first kappa shape index (κ1) is 12.2. The molecule has 0 spiro atoms. The van der Waals surface area contributed by atoms with E-state index in [1.807, 2.05) is 32.0 Å². The van der Waals surface area contributed by atoms with Crippen LogP contribution in [0, 0.1) is 13.8 Å². The Balaban J connectivity index is 2.55. The summed E-state index contributed by atoms with van der Waals surface area (Å²) in [5, 5.41) is 0. The average molecular weight is 292 g/mol. The molecule has 0 aliphatic heterocycles. The minimum Gasteiger partial charge on any atom is -0.325 e. The van der Waals surface area contributed by atoms with E-state index in [-0.39, 0.29) is 0 Å². The molecule has 0 radical (unpaired) electrons. The fourth-order valence-corrected chi connectivity index (χ4v) is 2.21. The summed E-state index contributed by atoms with van der Waals surface area (Å²) in [6, 6.07) is 7.99. The molecule has 0 fully saturated rings. The maximum Gasteiger partial charge on any atom is 0.159 e. The van der Waals surface area contributed by atoms with Gasteiger partial charge in [-0.1, -0.05) is 15.9 Å². The lowest BCUT2D eigenvalue weighted by atomic mass is 10.1. The molecule has 4 heteroatoms. The smallest absolute Gasteiger partial charge is 0.159 e. The topological polar surface area (TPSA) is 51.8 Å². The molecule has 88 valence electrons. The zero-order valence-electron chi connectivity index (χ0n) is 9.87. The second kappa shape index (κ2) is 4.94. The van der Waals surface area contributed by atoms with Gasteiger partial charge in [-0.05, 0) is 43.7 Å². The Morgan fingerprint density at radius 3 is 2.59 bits per heavy atom. The molecule has 17 heavy (non-hydrogen) atoms. The molecule has 0 bridgehead atoms. The lowest BCUT2D eigenvalue weighted by Gasteiger charge is -2.07. The molecule has 0 aliphatic carbocycles. The monoisotopic (exact) mass is 291 g/mol. The first-order chi connectivity index (χ1) is 8.10. The van der Waals surface area contributed by atoms with Gasteiger partial charge in [-0.25, -0.2) is 9.97 Å². The zero-order valence-corrected chi connectivity index (χ0v) is 11.5. The van der Waals surface area contributed by atoms with Crippen LogP contribution in [0.3, 0.4) is 0 Å². The molecule has 3 nitrogen and oxygen atoms in total. The Labute approximate surface area is 109 Å². The maximum absolute atomic E-state index is 5.63. The zero-order chi connectivity index (χ0) is 12.4. The lowest BCUT2D eigenvalue weighted by molar-refractivity contribution is 0.952. The molecule has 2 N–H and O–H groups in total. The van der Waals surface area contributed by atoms with E-state index in [1.54, 1.807) is 0 Å². The van der Waals surface area contributed by atoms with Gasteiger partial charge < -0.3 is 5.73 Å². The number of nitrogens with two attached hydrogens (primary N) is 1. The van der Waals surface area contributed by atoms with Crippen LogP contribution in [-0.2, 0) is 6.54 Å². The molecular formula is C13H14BrN3. The number of benzene rings is 1. The van der Waals surface area contributed by atoms with Crippen LogP contribution in [0.25, 0.3) is 11.4 Å². The van der Waals surface area contributed by atoms with E-state index in [0.717, 1.165) is 32.8 Å². The van der Waals surface area contributed by atoms with Gasteiger partial charge >= 0.3 is 0 Å². The normalized spacial score (nSPS) is 10.6. The Hall–Kier alpha value is -1.26. The molecule has 0 amide bonds. The van der Waals surface area contributed by atoms with Gasteiger partial charge in [-0.3, -0.25) is 0 Å². The molecule has 1 heterocycles. The first-order valence-corrected chi connectivity index (χ1v) is 6.20. The van der Waals surface area contributed by atoms with E-state index >= 15 is 0 Å². The van der Waals surface area contributed by atoms with Gasteiger partial charge in [0.25, 0.3) is 0 Å². The van der Waals surface area contributed by atoms with Crippen LogP contribution in [0.2, 0.25) is 0 Å². The van der Waals surface area contributed by atoms with E-state index in [1.165, 1.54) is 0 Å². The third-order valence-corrected chi connectivity index (χ3v) is 3.04. The number of rotatable bonds is 2. The number of hydrogen-bond acceptors (Lipinski definition) is 3. The quantitative estimate of drug-likeness (QED) is 0.925. The Morgan fingerprint density at radius 1 is 1.18 bits per heavy atom. The number of aromatic nitrogens is 2. The summed E-state index contributed by atoms with van der Waals surface area (Å²) >= 11 is 3.45. The highest BCUT2D eigenvalue weighted by atomic mass is 79.9. The summed E-state index contributed by atoms with van der Waals surface area (Å²) in [5.74, 6) is 0.746. The van der Waals surface area contributed by atoms with Crippen LogP contribution in [0.1, 0.15) is 17.0 Å². The lowest BCUT2D eigenvalue weighted by Crippen LogP contribution is -2.03. The van der Waals surface area contributed by atoms with Gasteiger partial charge in [0, 0.05) is 22.3 Å². The molecule has 1 aromatic heterocycles. The van der Waals surface area contributed by atoms with Crippen molar-refractivity contribution in [3.63, 3.8) is 0 Å². The second-order valence-electron chi connectivity index (χ2n) is 3.99. The summed E-state index contributed by atoms with van der Waals surface area (Å²) in [6.45, 7) is 4.44. The standard InChI is InChI=1S/C13H14BrN3/c1-8-5-10(14)3-4-12(8)13-16-9(2)6-11(7-15)17-13/h3-6H,7,15H2,1-2H3. The SMILES string of the molecule is Cc1cc(CN)nc(-c2ccc(Br)cc2C)n1.